The number of nitrogens with zero attached hydrogens (tertiary/aromatic N) is 1. The van der Waals surface area contributed by atoms with E-state index in [-0.39, 0.29) is 5.82 Å². The Kier molecular flexibility index (Phi) is 2.59. The van der Waals surface area contributed by atoms with E-state index in [2.05, 4.69) is 27.0 Å². The topological polar surface area (TPSA) is 12.9 Å². The summed E-state index contributed by atoms with van der Waals surface area (Å²) in [5.41, 5.74) is 1.06. The lowest BCUT2D eigenvalue weighted by atomic mass is 10.1. The molecule has 14 heavy (non-hydrogen) atoms. The molecule has 1 radical (unpaired) electrons. The zero-order valence-electron chi connectivity index (χ0n) is 7.17. The van der Waals surface area contributed by atoms with Crippen LogP contribution >= 0.6 is 15.9 Å². The summed E-state index contributed by atoms with van der Waals surface area (Å²) in [4.78, 5) is 3.98. The first-order valence-corrected chi connectivity index (χ1v) is 4.85. The Morgan fingerprint density at radius 3 is 2.86 bits per heavy atom. The van der Waals surface area contributed by atoms with Crippen molar-refractivity contribution in [2.24, 2.45) is 0 Å². The SMILES string of the molecule is Fc1cccnc1-c1ccc[c]c1Br. The van der Waals surface area contributed by atoms with Crippen LogP contribution in [0.1, 0.15) is 0 Å². The highest BCUT2D eigenvalue weighted by molar-refractivity contribution is 9.10. The highest BCUT2D eigenvalue weighted by Crippen LogP contribution is 2.27. The second kappa shape index (κ2) is 3.88. The van der Waals surface area contributed by atoms with Gasteiger partial charge in [0.2, 0.25) is 0 Å². The fourth-order valence-electron chi connectivity index (χ4n) is 1.18. The molecule has 0 N–H and O–H groups in total. The number of hydrogen-bond acceptors (Lipinski definition) is 1. The highest BCUT2D eigenvalue weighted by atomic mass is 79.9. The van der Waals surface area contributed by atoms with E-state index >= 15 is 0 Å². The van der Waals surface area contributed by atoms with Gasteiger partial charge >= 0.3 is 0 Å². The van der Waals surface area contributed by atoms with Crippen molar-refractivity contribution >= 4 is 15.9 Å². The van der Waals surface area contributed by atoms with Crippen LogP contribution in [0.5, 0.6) is 0 Å². The molecule has 0 aliphatic rings. The number of halogens is 2. The molecule has 0 amide bonds. The van der Waals surface area contributed by atoms with Gasteiger partial charge < -0.3 is 0 Å². The highest BCUT2D eigenvalue weighted by Gasteiger charge is 2.08. The summed E-state index contributed by atoms with van der Waals surface area (Å²) in [6.45, 7) is 0. The standard InChI is InChI=1S/C11H6BrFN/c12-9-5-2-1-4-8(9)11-10(13)6-3-7-14-11/h1-4,6-7H. The summed E-state index contributed by atoms with van der Waals surface area (Å²) in [7, 11) is 0. The first-order chi connectivity index (χ1) is 6.79. The van der Waals surface area contributed by atoms with Crippen LogP contribution in [0.15, 0.2) is 41.0 Å². The van der Waals surface area contributed by atoms with Crippen LogP contribution in [-0.4, -0.2) is 4.98 Å². The third kappa shape index (κ3) is 1.68. The maximum absolute atomic E-state index is 13.4. The molecule has 69 valence electrons. The minimum atomic E-state index is -0.326. The first-order valence-electron chi connectivity index (χ1n) is 4.06. The average molecular weight is 251 g/mol. The van der Waals surface area contributed by atoms with E-state index in [0.717, 1.165) is 4.47 Å². The zero-order chi connectivity index (χ0) is 9.97. The van der Waals surface area contributed by atoms with Gasteiger partial charge in [-0.2, -0.15) is 0 Å². The molecule has 1 aromatic heterocycles. The third-order valence-electron chi connectivity index (χ3n) is 1.82. The largest absolute Gasteiger partial charge is 0.253 e. The van der Waals surface area contributed by atoms with E-state index in [1.807, 2.05) is 0 Å². The minimum Gasteiger partial charge on any atom is -0.253 e. The lowest BCUT2D eigenvalue weighted by Crippen LogP contribution is -1.88. The maximum atomic E-state index is 13.4. The van der Waals surface area contributed by atoms with Crippen molar-refractivity contribution in [1.29, 1.82) is 0 Å². The molecule has 2 rings (SSSR count). The van der Waals surface area contributed by atoms with Crippen LogP contribution in [0.2, 0.25) is 0 Å². The van der Waals surface area contributed by atoms with Gasteiger partial charge in [0.25, 0.3) is 0 Å². The van der Waals surface area contributed by atoms with Crippen LogP contribution in [0, 0.1) is 11.9 Å². The third-order valence-corrected chi connectivity index (χ3v) is 2.48. The lowest BCUT2D eigenvalue weighted by Gasteiger charge is -2.03. The molecule has 0 bridgehead atoms. The van der Waals surface area contributed by atoms with E-state index in [0.29, 0.717) is 11.3 Å². The molecule has 2 aromatic rings. The van der Waals surface area contributed by atoms with Crippen molar-refractivity contribution in [2.75, 3.05) is 0 Å². The van der Waals surface area contributed by atoms with Crippen LogP contribution in [-0.2, 0) is 0 Å². The normalized spacial score (nSPS) is 10.1. The second-order valence-electron chi connectivity index (χ2n) is 2.73. The van der Waals surface area contributed by atoms with Crippen LogP contribution < -0.4 is 0 Å². The van der Waals surface area contributed by atoms with E-state index in [9.17, 15) is 4.39 Å². The minimum absolute atomic E-state index is 0.326. The molecular formula is C11H6BrFN. The smallest absolute Gasteiger partial charge is 0.149 e. The quantitative estimate of drug-likeness (QED) is 0.756. The molecule has 0 aliphatic carbocycles. The van der Waals surface area contributed by atoms with Crippen LogP contribution in [0.3, 0.4) is 0 Å². The summed E-state index contributed by atoms with van der Waals surface area (Å²) in [5.74, 6) is -0.326. The van der Waals surface area contributed by atoms with Crippen LogP contribution in [0.4, 0.5) is 4.39 Å². The average Bonchev–Trinajstić information content (AvgIpc) is 2.20. The summed E-state index contributed by atoms with van der Waals surface area (Å²) in [5, 5.41) is 0. The molecule has 1 aromatic carbocycles. The van der Waals surface area contributed by atoms with Crippen molar-refractivity contribution in [1.82, 2.24) is 4.98 Å². The maximum Gasteiger partial charge on any atom is 0.149 e. The summed E-state index contributed by atoms with van der Waals surface area (Å²) in [6.07, 6.45) is 1.57. The lowest BCUT2D eigenvalue weighted by molar-refractivity contribution is 0.625. The molecule has 0 spiro atoms. The van der Waals surface area contributed by atoms with Gasteiger partial charge in [-0.1, -0.05) is 18.2 Å². The molecule has 0 saturated heterocycles. The van der Waals surface area contributed by atoms with Gasteiger partial charge in [0.05, 0.1) is 0 Å². The first kappa shape index (κ1) is 9.34. The Balaban J connectivity index is 2.61. The van der Waals surface area contributed by atoms with Crippen molar-refractivity contribution in [3.8, 4) is 11.3 Å². The number of rotatable bonds is 1. The van der Waals surface area contributed by atoms with E-state index < -0.39 is 0 Å². The summed E-state index contributed by atoms with van der Waals surface area (Å²) >= 11 is 3.30. The Hall–Kier alpha value is -1.22. The van der Waals surface area contributed by atoms with Gasteiger partial charge in [0, 0.05) is 16.2 Å². The van der Waals surface area contributed by atoms with Gasteiger partial charge in [-0.25, -0.2) is 4.39 Å². The van der Waals surface area contributed by atoms with E-state index in [1.165, 1.54) is 6.07 Å². The fraction of sp³-hybridized carbons (Fsp3) is 0. The summed E-state index contributed by atoms with van der Waals surface area (Å²) < 4.78 is 14.1. The monoisotopic (exact) mass is 250 g/mol. The molecule has 0 atom stereocenters. The number of aromatic nitrogens is 1. The Bertz CT molecular complexity index is 413. The Morgan fingerprint density at radius 2 is 2.14 bits per heavy atom. The molecular weight excluding hydrogens is 245 g/mol. The van der Waals surface area contributed by atoms with E-state index in [4.69, 9.17) is 0 Å². The number of hydrogen-bond donors (Lipinski definition) is 0. The van der Waals surface area contributed by atoms with Crippen molar-refractivity contribution in [3.05, 3.63) is 52.9 Å². The Labute approximate surface area is 89.7 Å². The molecule has 0 aliphatic heterocycles. The second-order valence-corrected chi connectivity index (χ2v) is 3.52. The predicted molar refractivity (Wildman–Crippen MR) is 56.2 cm³/mol. The van der Waals surface area contributed by atoms with Gasteiger partial charge in [-0.05, 0) is 34.1 Å². The van der Waals surface area contributed by atoms with Gasteiger partial charge in [0.1, 0.15) is 11.5 Å². The molecule has 1 heterocycles. The summed E-state index contributed by atoms with van der Waals surface area (Å²) in [6, 6.07) is 11.3. The molecule has 0 fully saturated rings. The van der Waals surface area contributed by atoms with Gasteiger partial charge in [-0.3, -0.25) is 4.98 Å². The van der Waals surface area contributed by atoms with Crippen molar-refractivity contribution in [2.45, 2.75) is 0 Å². The zero-order valence-corrected chi connectivity index (χ0v) is 8.75. The van der Waals surface area contributed by atoms with E-state index in [1.54, 1.807) is 30.5 Å². The molecule has 1 nitrogen and oxygen atoms in total. The van der Waals surface area contributed by atoms with Gasteiger partial charge in [0.15, 0.2) is 0 Å². The molecule has 0 saturated carbocycles. The van der Waals surface area contributed by atoms with Gasteiger partial charge in [-0.15, -0.1) is 0 Å². The Morgan fingerprint density at radius 1 is 1.29 bits per heavy atom. The fourth-order valence-corrected chi connectivity index (χ4v) is 1.64. The number of pyridine rings is 1. The number of benzene rings is 1. The van der Waals surface area contributed by atoms with Crippen LogP contribution in [0.25, 0.3) is 11.3 Å². The van der Waals surface area contributed by atoms with Crippen molar-refractivity contribution < 1.29 is 4.39 Å². The predicted octanol–water partition coefficient (Wildman–Crippen LogP) is 3.45. The molecule has 3 heteroatoms. The molecule has 0 unspecified atom stereocenters. The van der Waals surface area contributed by atoms with Crippen molar-refractivity contribution in [3.63, 3.8) is 0 Å².